The fourth-order valence-corrected chi connectivity index (χ4v) is 3.28. The van der Waals surface area contributed by atoms with Gasteiger partial charge in [-0.1, -0.05) is 12.1 Å². The monoisotopic (exact) mass is 312 g/mol. The number of carbonyl (C=O) groups is 1. The van der Waals surface area contributed by atoms with Gasteiger partial charge >= 0.3 is 0 Å². The molecule has 5 nitrogen and oxygen atoms in total. The molecule has 1 aliphatic carbocycles. The fraction of sp³-hybridized carbons (Fsp3) is 0.444. The van der Waals surface area contributed by atoms with Crippen LogP contribution < -0.4 is 11.1 Å². The minimum Gasteiger partial charge on any atom is -0.349 e. The van der Waals surface area contributed by atoms with Crippen LogP contribution in [0.3, 0.4) is 0 Å². The largest absolute Gasteiger partial charge is 0.349 e. The molecule has 1 aromatic carbocycles. The zero-order chi connectivity index (χ0) is 16.4. The molecule has 3 rings (SSSR count). The van der Waals surface area contributed by atoms with Crippen LogP contribution in [0.15, 0.2) is 24.4 Å². The molecule has 1 aliphatic rings. The molecule has 0 saturated carbocycles. The van der Waals surface area contributed by atoms with Gasteiger partial charge in [-0.15, -0.1) is 0 Å². The Morgan fingerprint density at radius 3 is 3.04 bits per heavy atom. The highest BCUT2D eigenvalue weighted by Gasteiger charge is 2.26. The molecule has 3 N–H and O–H groups in total. The van der Waals surface area contributed by atoms with E-state index in [1.54, 1.807) is 0 Å². The Bertz CT molecular complexity index is 720. The lowest BCUT2D eigenvalue weighted by atomic mass is 9.92. The standard InChI is InChI=1S/C18H24N4O/c1-12-5-3-7-16(13(12)2)22-17-8-4-6-15(14(17)11-20-22)21-18(23)9-10-19/h3,5,7,11,15H,4,6,8-10,19H2,1-2H3,(H,21,23)/t15-/m0/s1. The summed E-state index contributed by atoms with van der Waals surface area (Å²) < 4.78 is 2.04. The van der Waals surface area contributed by atoms with Gasteiger partial charge in [-0.3, -0.25) is 4.79 Å². The summed E-state index contributed by atoms with van der Waals surface area (Å²) in [4.78, 5) is 11.9. The van der Waals surface area contributed by atoms with Crippen LogP contribution in [0.5, 0.6) is 0 Å². The van der Waals surface area contributed by atoms with Crippen LogP contribution in [0, 0.1) is 13.8 Å². The van der Waals surface area contributed by atoms with Crippen molar-refractivity contribution in [3.05, 3.63) is 46.8 Å². The second kappa shape index (κ2) is 6.54. The number of fused-ring (bicyclic) bond motifs is 1. The summed E-state index contributed by atoms with van der Waals surface area (Å²) >= 11 is 0. The first-order valence-corrected chi connectivity index (χ1v) is 8.24. The lowest BCUT2D eigenvalue weighted by molar-refractivity contribution is -0.121. The maximum Gasteiger partial charge on any atom is 0.221 e. The number of aromatic nitrogens is 2. The van der Waals surface area contributed by atoms with E-state index in [9.17, 15) is 4.79 Å². The number of benzene rings is 1. The first kappa shape index (κ1) is 15.7. The third kappa shape index (κ3) is 3.01. The van der Waals surface area contributed by atoms with Gasteiger partial charge in [-0.2, -0.15) is 5.10 Å². The molecule has 1 heterocycles. The van der Waals surface area contributed by atoms with Crippen molar-refractivity contribution in [1.82, 2.24) is 15.1 Å². The summed E-state index contributed by atoms with van der Waals surface area (Å²) in [6.07, 6.45) is 5.28. The Morgan fingerprint density at radius 1 is 1.43 bits per heavy atom. The maximum atomic E-state index is 11.9. The first-order valence-electron chi connectivity index (χ1n) is 8.24. The molecule has 122 valence electrons. The SMILES string of the molecule is Cc1cccc(-n2ncc3c2CCC[C@@H]3NC(=O)CCN)c1C. The summed E-state index contributed by atoms with van der Waals surface area (Å²) in [5, 5.41) is 7.71. The third-order valence-corrected chi connectivity index (χ3v) is 4.69. The van der Waals surface area contributed by atoms with Crippen molar-refractivity contribution in [3.63, 3.8) is 0 Å². The molecule has 0 fully saturated rings. The van der Waals surface area contributed by atoms with Crippen molar-refractivity contribution in [3.8, 4) is 5.69 Å². The van der Waals surface area contributed by atoms with E-state index >= 15 is 0 Å². The van der Waals surface area contributed by atoms with Crippen molar-refractivity contribution in [2.24, 2.45) is 5.73 Å². The molecule has 0 bridgehead atoms. The quantitative estimate of drug-likeness (QED) is 0.910. The van der Waals surface area contributed by atoms with Crippen LogP contribution in [-0.4, -0.2) is 22.2 Å². The number of aryl methyl sites for hydroxylation is 1. The molecule has 0 spiro atoms. The van der Waals surface area contributed by atoms with Crippen LogP contribution in [0.25, 0.3) is 5.69 Å². The van der Waals surface area contributed by atoms with Crippen molar-refractivity contribution >= 4 is 5.91 Å². The average Bonchev–Trinajstić information content (AvgIpc) is 2.95. The number of nitrogens with zero attached hydrogens (tertiary/aromatic N) is 2. The van der Waals surface area contributed by atoms with Crippen molar-refractivity contribution < 1.29 is 4.79 Å². The Labute approximate surface area is 136 Å². The lowest BCUT2D eigenvalue weighted by Crippen LogP contribution is -2.32. The molecular weight excluding hydrogens is 288 g/mol. The molecule has 23 heavy (non-hydrogen) atoms. The lowest BCUT2D eigenvalue weighted by Gasteiger charge is -2.24. The van der Waals surface area contributed by atoms with Crippen LogP contribution >= 0.6 is 0 Å². The van der Waals surface area contributed by atoms with Crippen molar-refractivity contribution in [2.75, 3.05) is 6.54 Å². The van der Waals surface area contributed by atoms with Gasteiger partial charge in [-0.05, 0) is 50.3 Å². The maximum absolute atomic E-state index is 11.9. The molecular formula is C18H24N4O. The number of hydrogen-bond acceptors (Lipinski definition) is 3. The molecule has 1 amide bonds. The van der Waals surface area contributed by atoms with Gasteiger partial charge in [0.1, 0.15) is 0 Å². The number of hydrogen-bond donors (Lipinski definition) is 2. The van der Waals surface area contributed by atoms with Gasteiger partial charge in [0, 0.05) is 24.2 Å². The average molecular weight is 312 g/mol. The molecule has 0 radical (unpaired) electrons. The van der Waals surface area contributed by atoms with Gasteiger partial charge in [0.05, 0.1) is 17.9 Å². The highest BCUT2D eigenvalue weighted by atomic mass is 16.1. The van der Waals surface area contributed by atoms with Crippen molar-refractivity contribution in [1.29, 1.82) is 0 Å². The second-order valence-electron chi connectivity index (χ2n) is 6.23. The number of amides is 1. The fourth-order valence-electron chi connectivity index (χ4n) is 3.28. The topological polar surface area (TPSA) is 72.9 Å². The van der Waals surface area contributed by atoms with E-state index in [-0.39, 0.29) is 11.9 Å². The van der Waals surface area contributed by atoms with Crippen molar-refractivity contribution in [2.45, 2.75) is 45.6 Å². The van der Waals surface area contributed by atoms with Gasteiger partial charge in [0.15, 0.2) is 0 Å². The molecule has 0 aliphatic heterocycles. The minimum atomic E-state index is 0.0184. The summed E-state index contributed by atoms with van der Waals surface area (Å²) in [5.74, 6) is 0.0184. The molecule has 5 heteroatoms. The molecule has 1 atom stereocenters. The summed E-state index contributed by atoms with van der Waals surface area (Å²) in [5.41, 5.74) is 11.4. The van der Waals surface area contributed by atoms with Gasteiger partial charge < -0.3 is 11.1 Å². The molecule has 0 saturated heterocycles. The molecule has 0 unspecified atom stereocenters. The Morgan fingerprint density at radius 2 is 2.26 bits per heavy atom. The van der Waals surface area contributed by atoms with E-state index in [2.05, 4.69) is 42.5 Å². The van der Waals surface area contributed by atoms with E-state index in [4.69, 9.17) is 5.73 Å². The predicted octanol–water partition coefficient (Wildman–Crippen LogP) is 2.33. The summed E-state index contributed by atoms with van der Waals surface area (Å²) in [6.45, 7) is 4.62. The van der Waals surface area contributed by atoms with Gasteiger partial charge in [0.2, 0.25) is 5.91 Å². The number of nitrogens with two attached hydrogens (primary N) is 1. The van der Waals surface area contributed by atoms with E-state index in [0.29, 0.717) is 13.0 Å². The summed E-state index contributed by atoms with van der Waals surface area (Å²) in [6, 6.07) is 6.34. The highest BCUT2D eigenvalue weighted by molar-refractivity contribution is 5.76. The molecule has 1 aromatic heterocycles. The van der Waals surface area contributed by atoms with E-state index in [1.165, 1.54) is 16.8 Å². The first-order chi connectivity index (χ1) is 11.1. The van der Waals surface area contributed by atoms with Gasteiger partial charge in [0.25, 0.3) is 0 Å². The van der Waals surface area contributed by atoms with Crippen LogP contribution in [0.4, 0.5) is 0 Å². The van der Waals surface area contributed by atoms with Crippen LogP contribution in [0.2, 0.25) is 0 Å². The number of carbonyl (C=O) groups excluding carboxylic acids is 1. The Kier molecular flexibility index (Phi) is 4.48. The van der Waals surface area contributed by atoms with E-state index in [0.717, 1.165) is 30.5 Å². The van der Waals surface area contributed by atoms with Crippen LogP contribution in [-0.2, 0) is 11.2 Å². The predicted molar refractivity (Wildman–Crippen MR) is 90.5 cm³/mol. The van der Waals surface area contributed by atoms with Gasteiger partial charge in [-0.25, -0.2) is 4.68 Å². The Balaban J connectivity index is 1.94. The minimum absolute atomic E-state index is 0.0184. The zero-order valence-corrected chi connectivity index (χ0v) is 13.8. The highest BCUT2D eigenvalue weighted by Crippen LogP contribution is 2.32. The van der Waals surface area contributed by atoms with E-state index < -0.39 is 0 Å². The third-order valence-electron chi connectivity index (χ3n) is 4.69. The Hall–Kier alpha value is -2.14. The number of rotatable bonds is 4. The molecule has 2 aromatic rings. The number of nitrogens with one attached hydrogen (secondary N) is 1. The normalized spacial score (nSPS) is 16.9. The second-order valence-corrected chi connectivity index (χ2v) is 6.23. The summed E-state index contributed by atoms with van der Waals surface area (Å²) in [7, 11) is 0. The van der Waals surface area contributed by atoms with Crippen LogP contribution in [0.1, 0.15) is 47.7 Å². The smallest absolute Gasteiger partial charge is 0.221 e. The van der Waals surface area contributed by atoms with E-state index in [1.807, 2.05) is 10.9 Å². The zero-order valence-electron chi connectivity index (χ0n) is 13.8.